The monoisotopic (exact) mass is 460 g/mol. The lowest BCUT2D eigenvalue weighted by atomic mass is 9.44. The van der Waals surface area contributed by atoms with Crippen molar-refractivity contribution in [1.29, 1.82) is 0 Å². The van der Waals surface area contributed by atoms with Gasteiger partial charge in [-0.1, -0.05) is 46.8 Å². The molecule has 4 fully saturated rings. The molecule has 0 bridgehead atoms. The van der Waals surface area contributed by atoms with Crippen LogP contribution in [0.3, 0.4) is 0 Å². The van der Waals surface area contributed by atoms with E-state index < -0.39 is 14.1 Å². The summed E-state index contributed by atoms with van der Waals surface area (Å²) >= 11 is 0. The first-order chi connectivity index (χ1) is 14.7. The van der Waals surface area contributed by atoms with Crippen LogP contribution in [-0.4, -0.2) is 32.4 Å². The lowest BCUT2D eigenvalue weighted by Gasteiger charge is -2.62. The number of hydrogen-bond donors (Lipinski definition) is 0. The second-order valence-electron chi connectivity index (χ2n) is 14.3. The van der Waals surface area contributed by atoms with Crippen LogP contribution in [0.15, 0.2) is 12.2 Å². The van der Waals surface area contributed by atoms with Crippen LogP contribution >= 0.6 is 0 Å². The van der Waals surface area contributed by atoms with Crippen molar-refractivity contribution in [1.82, 2.24) is 0 Å². The molecule has 32 heavy (non-hydrogen) atoms. The standard InChI is InChI=1S/C28H48O3Si/c1-25(2,3)32(8,9)31-21-14-13-18-22-19(15-17-28(18,21)7)27(6)16-11-10-12-20(27)23-24(22)30-26(4,5)29-23/h10,12,18-24H,11,13-17H2,1-9H3/t18?,19?,20?,21?,22?,23?,24?,27-,28+/m1/s1. The van der Waals surface area contributed by atoms with Crippen LogP contribution in [0.5, 0.6) is 0 Å². The van der Waals surface area contributed by atoms with Gasteiger partial charge in [-0.25, -0.2) is 0 Å². The topological polar surface area (TPSA) is 27.7 Å². The second-order valence-corrected chi connectivity index (χ2v) is 19.1. The summed E-state index contributed by atoms with van der Waals surface area (Å²) in [6.07, 6.45) is 13.4. The molecule has 1 saturated heterocycles. The van der Waals surface area contributed by atoms with Gasteiger partial charge in [0.2, 0.25) is 0 Å². The Kier molecular flexibility index (Phi) is 5.29. The van der Waals surface area contributed by atoms with Crippen LogP contribution in [0.4, 0.5) is 0 Å². The van der Waals surface area contributed by atoms with Crippen molar-refractivity contribution in [3.05, 3.63) is 12.2 Å². The summed E-state index contributed by atoms with van der Waals surface area (Å²) in [7, 11) is -1.79. The smallest absolute Gasteiger partial charge is 0.192 e. The van der Waals surface area contributed by atoms with Crippen LogP contribution in [0.25, 0.3) is 0 Å². The molecule has 0 N–H and O–H groups in total. The summed E-state index contributed by atoms with van der Waals surface area (Å²) in [5.41, 5.74) is 0.606. The maximum absolute atomic E-state index is 7.16. The van der Waals surface area contributed by atoms with E-state index in [-0.39, 0.29) is 22.7 Å². The van der Waals surface area contributed by atoms with Crippen LogP contribution in [0.2, 0.25) is 18.1 Å². The molecule has 0 amide bonds. The Bertz CT molecular complexity index is 782. The van der Waals surface area contributed by atoms with Crippen molar-refractivity contribution < 1.29 is 13.9 Å². The largest absolute Gasteiger partial charge is 0.413 e. The molecule has 4 heteroatoms. The predicted octanol–water partition coefficient (Wildman–Crippen LogP) is 7.33. The molecule has 0 aromatic carbocycles. The third kappa shape index (κ3) is 3.29. The summed E-state index contributed by atoms with van der Waals surface area (Å²) in [4.78, 5) is 0. The average Bonchev–Trinajstić information content (AvgIpc) is 3.16. The highest BCUT2D eigenvalue weighted by Gasteiger charge is 2.68. The Morgan fingerprint density at radius 1 is 0.875 bits per heavy atom. The van der Waals surface area contributed by atoms with E-state index in [1.165, 1.54) is 38.5 Å². The molecule has 3 nitrogen and oxygen atoms in total. The van der Waals surface area contributed by atoms with Gasteiger partial charge in [-0.2, -0.15) is 0 Å². The minimum absolute atomic E-state index is 0.204. The van der Waals surface area contributed by atoms with E-state index in [9.17, 15) is 0 Å². The summed E-state index contributed by atoms with van der Waals surface area (Å²) in [5.74, 6) is 2.04. The molecular weight excluding hydrogens is 412 g/mol. The summed E-state index contributed by atoms with van der Waals surface area (Å²) in [6, 6.07) is 0. The zero-order chi connectivity index (χ0) is 23.3. The fourth-order valence-electron chi connectivity index (χ4n) is 8.43. The van der Waals surface area contributed by atoms with Crippen molar-refractivity contribution in [2.24, 2.45) is 34.5 Å². The highest BCUT2D eigenvalue weighted by atomic mass is 28.4. The van der Waals surface area contributed by atoms with E-state index >= 15 is 0 Å². The minimum Gasteiger partial charge on any atom is -0.413 e. The number of ether oxygens (including phenoxy) is 2. The van der Waals surface area contributed by atoms with E-state index in [1.54, 1.807) is 0 Å². The number of allylic oxidation sites excluding steroid dienone is 1. The van der Waals surface area contributed by atoms with Crippen molar-refractivity contribution in [3.8, 4) is 0 Å². The Balaban J connectivity index is 1.50. The predicted molar refractivity (Wildman–Crippen MR) is 133 cm³/mol. The number of hydrogen-bond acceptors (Lipinski definition) is 3. The fourth-order valence-corrected chi connectivity index (χ4v) is 9.89. The molecule has 5 rings (SSSR count). The van der Waals surface area contributed by atoms with E-state index in [0.29, 0.717) is 29.3 Å². The second kappa shape index (κ2) is 7.18. The van der Waals surface area contributed by atoms with Crippen molar-refractivity contribution in [3.63, 3.8) is 0 Å². The van der Waals surface area contributed by atoms with Crippen molar-refractivity contribution >= 4 is 8.32 Å². The first-order valence-electron chi connectivity index (χ1n) is 13.4. The van der Waals surface area contributed by atoms with Crippen LogP contribution < -0.4 is 0 Å². The van der Waals surface area contributed by atoms with Gasteiger partial charge in [0, 0.05) is 5.92 Å². The summed E-state index contributed by atoms with van der Waals surface area (Å²) < 4.78 is 20.6. The zero-order valence-corrected chi connectivity index (χ0v) is 23.2. The first kappa shape index (κ1) is 23.6. The summed E-state index contributed by atoms with van der Waals surface area (Å²) in [5, 5.41) is 0.260. The van der Waals surface area contributed by atoms with Crippen LogP contribution in [0, 0.1) is 34.5 Å². The van der Waals surface area contributed by atoms with E-state index in [0.717, 1.165) is 5.92 Å². The molecule has 1 aliphatic heterocycles. The highest BCUT2D eigenvalue weighted by Crippen LogP contribution is 2.68. The first-order valence-corrected chi connectivity index (χ1v) is 16.3. The van der Waals surface area contributed by atoms with Gasteiger partial charge in [0.15, 0.2) is 14.1 Å². The highest BCUT2D eigenvalue weighted by molar-refractivity contribution is 6.74. The average molecular weight is 461 g/mol. The van der Waals surface area contributed by atoms with E-state index in [2.05, 4.69) is 73.7 Å². The third-order valence-electron chi connectivity index (χ3n) is 11.2. The SMILES string of the molecule is CC1(C)OC2C(O1)C1C=CCC[C@]1(C)C1CC[C@]3(C)C(O[Si](C)(C)C(C)(C)C)CCC3C21. The third-order valence-corrected chi connectivity index (χ3v) is 15.7. The molecule has 5 aliphatic rings. The zero-order valence-electron chi connectivity index (χ0n) is 22.2. The van der Waals surface area contributed by atoms with E-state index in [4.69, 9.17) is 13.9 Å². The number of fused-ring (bicyclic) bond motifs is 8. The molecular formula is C28H48O3Si. The Morgan fingerprint density at radius 2 is 1.53 bits per heavy atom. The Hall–Kier alpha value is -0.163. The molecule has 3 saturated carbocycles. The minimum atomic E-state index is -1.79. The van der Waals surface area contributed by atoms with Gasteiger partial charge >= 0.3 is 0 Å². The summed E-state index contributed by atoms with van der Waals surface area (Å²) in [6.45, 7) is 21.4. The van der Waals surface area contributed by atoms with E-state index in [1.807, 2.05) is 0 Å². The molecule has 1 heterocycles. The van der Waals surface area contributed by atoms with Crippen LogP contribution in [0.1, 0.15) is 87.0 Å². The van der Waals surface area contributed by atoms with Crippen LogP contribution in [-0.2, 0) is 13.9 Å². The fraction of sp³-hybridized carbons (Fsp3) is 0.929. The lowest BCUT2D eigenvalue weighted by molar-refractivity contribution is -0.170. The van der Waals surface area contributed by atoms with Crippen molar-refractivity contribution in [2.45, 2.75) is 129 Å². The quantitative estimate of drug-likeness (QED) is 0.319. The Morgan fingerprint density at radius 3 is 2.22 bits per heavy atom. The van der Waals surface area contributed by atoms with Gasteiger partial charge in [0.1, 0.15) is 0 Å². The lowest BCUT2D eigenvalue weighted by Crippen LogP contribution is -2.62. The maximum atomic E-state index is 7.16. The van der Waals surface area contributed by atoms with Gasteiger partial charge in [0.05, 0.1) is 18.3 Å². The van der Waals surface area contributed by atoms with Gasteiger partial charge in [0.25, 0.3) is 0 Å². The van der Waals surface area contributed by atoms with Gasteiger partial charge in [-0.3, -0.25) is 0 Å². The Labute approximate surface area is 198 Å². The molecule has 7 unspecified atom stereocenters. The molecule has 9 atom stereocenters. The molecule has 0 aromatic rings. The molecule has 4 aliphatic carbocycles. The maximum Gasteiger partial charge on any atom is 0.192 e. The molecule has 0 aromatic heterocycles. The molecule has 182 valence electrons. The molecule has 0 radical (unpaired) electrons. The number of rotatable bonds is 2. The normalized spacial score (nSPS) is 49.8. The molecule has 0 spiro atoms. The van der Waals surface area contributed by atoms with Gasteiger partial charge in [-0.15, -0.1) is 0 Å². The van der Waals surface area contributed by atoms with Crippen molar-refractivity contribution in [2.75, 3.05) is 0 Å². The van der Waals surface area contributed by atoms with Gasteiger partial charge in [-0.05, 0) is 99.1 Å². The van der Waals surface area contributed by atoms with Gasteiger partial charge < -0.3 is 13.9 Å².